The highest BCUT2D eigenvalue weighted by Gasteiger charge is 2.10. The van der Waals surface area contributed by atoms with Crippen molar-refractivity contribution in [2.45, 2.75) is 33.4 Å². The summed E-state index contributed by atoms with van der Waals surface area (Å²) in [5, 5.41) is 5.21. The van der Waals surface area contributed by atoms with Gasteiger partial charge in [0.1, 0.15) is 5.82 Å². The molecule has 0 saturated carbocycles. The van der Waals surface area contributed by atoms with Gasteiger partial charge in [-0.25, -0.2) is 18.6 Å². The number of halogens is 2. The van der Waals surface area contributed by atoms with Crippen molar-refractivity contribution in [3.63, 3.8) is 0 Å². The second kappa shape index (κ2) is 7.71. The lowest BCUT2D eigenvalue weighted by Crippen LogP contribution is -2.29. The Labute approximate surface area is 133 Å². The number of aromatic nitrogens is 2. The van der Waals surface area contributed by atoms with Crippen molar-refractivity contribution in [2.75, 3.05) is 5.32 Å². The Morgan fingerprint density at radius 2 is 2.13 bits per heavy atom. The van der Waals surface area contributed by atoms with Crippen molar-refractivity contribution < 1.29 is 13.6 Å². The first-order valence-corrected chi connectivity index (χ1v) is 7.38. The number of carbonyl (C=O) groups excluding carboxylic acids is 1. The van der Waals surface area contributed by atoms with Gasteiger partial charge in [0.2, 0.25) is 0 Å². The van der Waals surface area contributed by atoms with Gasteiger partial charge >= 0.3 is 6.03 Å². The molecular weight excluding hydrogens is 302 g/mol. The summed E-state index contributed by atoms with van der Waals surface area (Å²) >= 11 is 0. The monoisotopic (exact) mass is 322 g/mol. The number of rotatable bonds is 6. The van der Waals surface area contributed by atoms with Gasteiger partial charge in [-0.2, -0.15) is 0 Å². The second-order valence-electron chi connectivity index (χ2n) is 5.62. The van der Waals surface area contributed by atoms with Crippen LogP contribution >= 0.6 is 0 Å². The number of alkyl halides is 2. The van der Waals surface area contributed by atoms with Gasteiger partial charge < -0.3 is 15.2 Å². The van der Waals surface area contributed by atoms with Gasteiger partial charge in [-0.15, -0.1) is 0 Å². The van der Waals surface area contributed by atoms with Crippen LogP contribution in [-0.2, 0) is 13.1 Å². The van der Waals surface area contributed by atoms with Crippen LogP contribution in [0.25, 0.3) is 0 Å². The van der Waals surface area contributed by atoms with E-state index in [0.29, 0.717) is 11.6 Å². The predicted octanol–water partition coefficient (Wildman–Crippen LogP) is 3.80. The van der Waals surface area contributed by atoms with Gasteiger partial charge in [0.05, 0.1) is 6.54 Å². The number of imidazole rings is 1. The van der Waals surface area contributed by atoms with Crippen molar-refractivity contribution >= 4 is 11.7 Å². The molecule has 0 atom stereocenters. The summed E-state index contributed by atoms with van der Waals surface area (Å²) in [5.74, 6) is 1.21. The minimum Gasteiger partial charge on any atom is -0.333 e. The van der Waals surface area contributed by atoms with E-state index in [1.165, 1.54) is 18.2 Å². The summed E-state index contributed by atoms with van der Waals surface area (Å²) in [4.78, 5) is 16.1. The average Bonchev–Trinajstić information content (AvgIpc) is 2.92. The number of hydrogen-bond acceptors (Lipinski definition) is 2. The topological polar surface area (TPSA) is 59.0 Å². The Bertz CT molecular complexity index is 655. The van der Waals surface area contributed by atoms with E-state index in [2.05, 4.69) is 29.5 Å². The fraction of sp³-hybridized carbons (Fsp3) is 0.375. The molecule has 0 saturated heterocycles. The van der Waals surface area contributed by atoms with Gasteiger partial charge in [0.25, 0.3) is 6.43 Å². The number of nitrogens with one attached hydrogen (secondary N) is 2. The molecule has 23 heavy (non-hydrogen) atoms. The third kappa shape index (κ3) is 5.05. The Kier molecular flexibility index (Phi) is 5.67. The van der Waals surface area contributed by atoms with Crippen molar-refractivity contribution in [3.8, 4) is 0 Å². The average molecular weight is 322 g/mol. The molecule has 0 spiro atoms. The van der Waals surface area contributed by atoms with Crippen LogP contribution < -0.4 is 10.6 Å². The van der Waals surface area contributed by atoms with Crippen LogP contribution in [0, 0.1) is 5.92 Å². The molecule has 0 unspecified atom stereocenters. The lowest BCUT2D eigenvalue weighted by molar-refractivity contribution is 0.151. The maximum absolute atomic E-state index is 12.6. The van der Waals surface area contributed by atoms with Crippen LogP contribution in [0.3, 0.4) is 0 Å². The number of amides is 2. The summed E-state index contributed by atoms with van der Waals surface area (Å²) < 4.78 is 27.2. The van der Waals surface area contributed by atoms with Crippen molar-refractivity contribution in [2.24, 2.45) is 5.92 Å². The molecule has 124 valence electrons. The van der Waals surface area contributed by atoms with E-state index in [9.17, 15) is 13.6 Å². The molecule has 0 bridgehead atoms. The highest BCUT2D eigenvalue weighted by Crippen LogP contribution is 2.21. The third-order valence-corrected chi connectivity index (χ3v) is 3.17. The zero-order chi connectivity index (χ0) is 16.8. The molecule has 7 heteroatoms. The second-order valence-corrected chi connectivity index (χ2v) is 5.62. The Hall–Kier alpha value is -2.44. The summed E-state index contributed by atoms with van der Waals surface area (Å²) in [6, 6.07) is 5.15. The Morgan fingerprint density at radius 3 is 2.83 bits per heavy atom. The lowest BCUT2D eigenvalue weighted by Gasteiger charge is -2.12. The normalized spacial score (nSPS) is 11.0. The molecule has 1 aromatic heterocycles. The molecule has 0 radical (unpaired) electrons. The number of hydrogen-bond donors (Lipinski definition) is 2. The van der Waals surface area contributed by atoms with Crippen LogP contribution in [0.5, 0.6) is 0 Å². The van der Waals surface area contributed by atoms with Gasteiger partial charge in [-0.3, -0.25) is 0 Å². The Balaban J connectivity index is 1.91. The van der Waals surface area contributed by atoms with Crippen LogP contribution in [0.4, 0.5) is 19.3 Å². The molecule has 0 fully saturated rings. The van der Waals surface area contributed by atoms with Gasteiger partial charge in [-0.05, 0) is 18.1 Å². The minimum absolute atomic E-state index is 0.129. The maximum atomic E-state index is 12.6. The molecule has 0 aliphatic carbocycles. The van der Waals surface area contributed by atoms with Gasteiger partial charge in [0.15, 0.2) is 0 Å². The van der Waals surface area contributed by atoms with E-state index in [0.717, 1.165) is 12.4 Å². The molecule has 2 rings (SSSR count). The van der Waals surface area contributed by atoms with Gasteiger partial charge in [0, 0.05) is 30.2 Å². The maximum Gasteiger partial charge on any atom is 0.319 e. The van der Waals surface area contributed by atoms with Crippen molar-refractivity contribution in [3.05, 3.63) is 48.0 Å². The van der Waals surface area contributed by atoms with E-state index >= 15 is 0 Å². The SMILES string of the molecule is CC(C)Cn1ccnc1CNC(=O)Nc1cccc(C(F)F)c1. The van der Waals surface area contributed by atoms with E-state index in [-0.39, 0.29) is 12.1 Å². The smallest absolute Gasteiger partial charge is 0.319 e. The first kappa shape index (κ1) is 16.9. The number of urea groups is 1. The van der Waals surface area contributed by atoms with Crippen LogP contribution in [0.1, 0.15) is 31.7 Å². The van der Waals surface area contributed by atoms with Crippen LogP contribution in [-0.4, -0.2) is 15.6 Å². The highest BCUT2D eigenvalue weighted by atomic mass is 19.3. The lowest BCUT2D eigenvalue weighted by atomic mass is 10.2. The van der Waals surface area contributed by atoms with Gasteiger partial charge in [-0.1, -0.05) is 26.0 Å². The van der Waals surface area contributed by atoms with Crippen LogP contribution in [0.15, 0.2) is 36.7 Å². The van der Waals surface area contributed by atoms with E-state index in [1.807, 2.05) is 10.8 Å². The zero-order valence-electron chi connectivity index (χ0n) is 13.1. The molecule has 0 aliphatic heterocycles. The predicted molar refractivity (Wildman–Crippen MR) is 84.3 cm³/mol. The fourth-order valence-electron chi connectivity index (χ4n) is 2.15. The first-order chi connectivity index (χ1) is 11.0. The molecule has 1 aromatic carbocycles. The standard InChI is InChI=1S/C16H20F2N4O/c1-11(2)10-22-7-6-19-14(22)9-20-16(23)21-13-5-3-4-12(8-13)15(17)18/h3-8,11,15H,9-10H2,1-2H3,(H2,20,21,23). The fourth-order valence-corrected chi connectivity index (χ4v) is 2.15. The molecular formula is C16H20F2N4O. The summed E-state index contributed by atoms with van der Waals surface area (Å²) in [7, 11) is 0. The number of carbonyl (C=O) groups is 1. The molecule has 2 aromatic rings. The Morgan fingerprint density at radius 1 is 1.35 bits per heavy atom. The minimum atomic E-state index is -2.57. The molecule has 1 heterocycles. The molecule has 2 N–H and O–H groups in total. The first-order valence-electron chi connectivity index (χ1n) is 7.38. The van der Waals surface area contributed by atoms with E-state index in [4.69, 9.17) is 0 Å². The van der Waals surface area contributed by atoms with E-state index < -0.39 is 12.5 Å². The van der Waals surface area contributed by atoms with Crippen LogP contribution in [0.2, 0.25) is 0 Å². The quantitative estimate of drug-likeness (QED) is 0.850. The molecule has 5 nitrogen and oxygen atoms in total. The van der Waals surface area contributed by atoms with Crippen molar-refractivity contribution in [1.29, 1.82) is 0 Å². The highest BCUT2D eigenvalue weighted by molar-refractivity contribution is 5.89. The number of nitrogens with zero attached hydrogens (tertiary/aromatic N) is 2. The summed E-state index contributed by atoms with van der Waals surface area (Å²) in [5.41, 5.74) is 0.195. The van der Waals surface area contributed by atoms with E-state index in [1.54, 1.807) is 12.3 Å². The largest absolute Gasteiger partial charge is 0.333 e. The third-order valence-electron chi connectivity index (χ3n) is 3.17. The summed E-state index contributed by atoms with van der Waals surface area (Å²) in [6.07, 6.45) is 0.980. The molecule has 0 aliphatic rings. The van der Waals surface area contributed by atoms with Crippen molar-refractivity contribution in [1.82, 2.24) is 14.9 Å². The molecule has 2 amide bonds. The zero-order valence-corrected chi connectivity index (χ0v) is 13.1. The number of anilines is 1. The summed E-state index contributed by atoms with van der Waals surface area (Å²) in [6.45, 7) is 5.27. The number of benzene rings is 1.